The number of aliphatic imine (C=N–C) groups is 1. The van der Waals surface area contributed by atoms with Crippen molar-refractivity contribution in [3.05, 3.63) is 24.3 Å². The van der Waals surface area contributed by atoms with Gasteiger partial charge in [0.05, 0.1) is 26.9 Å². The summed E-state index contributed by atoms with van der Waals surface area (Å²) >= 11 is 0. The molecule has 0 saturated carbocycles. The first-order chi connectivity index (χ1) is 11.1. The summed E-state index contributed by atoms with van der Waals surface area (Å²) in [6, 6.07) is 7.64. The van der Waals surface area contributed by atoms with E-state index in [4.69, 9.17) is 14.2 Å². The molecule has 0 aliphatic carbocycles. The smallest absolute Gasteiger partial charge is 0.191 e. The monoisotopic (exact) mass is 449 g/mol. The molecule has 1 aliphatic rings. The molecule has 7 heteroatoms. The van der Waals surface area contributed by atoms with Crippen molar-refractivity contribution in [3.8, 4) is 11.5 Å². The molecule has 1 saturated heterocycles. The lowest BCUT2D eigenvalue weighted by Crippen LogP contribution is -2.51. The van der Waals surface area contributed by atoms with Gasteiger partial charge in [-0.15, -0.1) is 24.0 Å². The van der Waals surface area contributed by atoms with E-state index in [1.807, 2.05) is 31.2 Å². The van der Waals surface area contributed by atoms with Crippen LogP contribution in [0.15, 0.2) is 29.3 Å². The highest BCUT2D eigenvalue weighted by Crippen LogP contribution is 2.26. The second kappa shape index (κ2) is 9.93. The first kappa shape index (κ1) is 20.8. The molecule has 1 aromatic rings. The zero-order chi connectivity index (χ0) is 16.7. The lowest BCUT2D eigenvalue weighted by atomic mass is 9.89. The molecule has 1 aromatic carbocycles. The molecule has 24 heavy (non-hydrogen) atoms. The largest absolute Gasteiger partial charge is 0.493 e. The Balaban J connectivity index is 0.00000288. The maximum absolute atomic E-state index is 5.92. The molecule has 1 atom stereocenters. The zero-order valence-corrected chi connectivity index (χ0v) is 17.1. The van der Waals surface area contributed by atoms with Gasteiger partial charge in [0.1, 0.15) is 6.10 Å². The van der Waals surface area contributed by atoms with Gasteiger partial charge >= 0.3 is 0 Å². The maximum Gasteiger partial charge on any atom is 0.191 e. The molecule has 2 rings (SSSR count). The van der Waals surface area contributed by atoms with E-state index in [2.05, 4.69) is 22.5 Å². The summed E-state index contributed by atoms with van der Waals surface area (Å²) in [6.45, 7) is 7.28. The molecule has 1 heterocycles. The molecule has 1 fully saturated rings. The van der Waals surface area contributed by atoms with Crippen molar-refractivity contribution in [3.63, 3.8) is 0 Å². The molecular weight excluding hydrogens is 421 g/mol. The minimum absolute atomic E-state index is 0. The Morgan fingerprint density at radius 1 is 1.29 bits per heavy atom. The Bertz CT molecular complexity index is 536. The van der Waals surface area contributed by atoms with E-state index < -0.39 is 0 Å². The number of halogens is 1. The third-order valence-corrected chi connectivity index (χ3v) is 3.76. The number of guanidine groups is 1. The first-order valence-corrected chi connectivity index (χ1v) is 7.88. The van der Waals surface area contributed by atoms with Crippen LogP contribution in [0.2, 0.25) is 0 Å². The highest BCUT2D eigenvalue weighted by atomic mass is 127. The number of hydrogen-bond acceptors (Lipinski definition) is 4. The Morgan fingerprint density at radius 3 is 2.50 bits per heavy atom. The van der Waals surface area contributed by atoms with Crippen molar-refractivity contribution in [1.82, 2.24) is 10.6 Å². The van der Waals surface area contributed by atoms with E-state index in [0.29, 0.717) is 6.54 Å². The van der Waals surface area contributed by atoms with Crippen LogP contribution in [-0.4, -0.2) is 52.5 Å². The van der Waals surface area contributed by atoms with Gasteiger partial charge in [0.15, 0.2) is 17.5 Å². The van der Waals surface area contributed by atoms with Crippen LogP contribution < -0.4 is 20.1 Å². The van der Waals surface area contributed by atoms with Gasteiger partial charge in [-0.3, -0.25) is 4.99 Å². The third-order valence-electron chi connectivity index (χ3n) is 3.76. The van der Waals surface area contributed by atoms with Gasteiger partial charge in [0.2, 0.25) is 0 Å². The van der Waals surface area contributed by atoms with E-state index in [1.165, 1.54) is 0 Å². The van der Waals surface area contributed by atoms with Crippen molar-refractivity contribution >= 4 is 29.9 Å². The van der Waals surface area contributed by atoms with Gasteiger partial charge in [-0.1, -0.05) is 19.1 Å². The summed E-state index contributed by atoms with van der Waals surface area (Å²) in [5.41, 5.74) is 0.205. The predicted octanol–water partition coefficient (Wildman–Crippen LogP) is 2.28. The minimum atomic E-state index is -0.0209. The number of nitrogens with zero attached hydrogens (tertiary/aromatic N) is 1. The quantitative estimate of drug-likeness (QED) is 0.380. The Labute approximate surface area is 161 Å². The Kier molecular flexibility index (Phi) is 8.61. The SMILES string of the molecule is CN=C(NCC(C)Oc1ccccc1OC)NCC1(C)COC1.I. The maximum atomic E-state index is 5.92. The van der Waals surface area contributed by atoms with Crippen molar-refractivity contribution < 1.29 is 14.2 Å². The number of rotatable bonds is 7. The predicted molar refractivity (Wildman–Crippen MR) is 107 cm³/mol. The molecule has 1 aliphatic heterocycles. The summed E-state index contributed by atoms with van der Waals surface area (Å²) < 4.78 is 16.5. The molecule has 0 radical (unpaired) electrons. The fourth-order valence-electron chi connectivity index (χ4n) is 2.29. The summed E-state index contributed by atoms with van der Waals surface area (Å²) in [4.78, 5) is 4.24. The fraction of sp³-hybridized carbons (Fsp3) is 0.588. The molecule has 2 N–H and O–H groups in total. The van der Waals surface area contributed by atoms with Gasteiger partial charge in [-0.25, -0.2) is 0 Å². The molecule has 0 bridgehead atoms. The third kappa shape index (κ3) is 6.01. The molecule has 6 nitrogen and oxygen atoms in total. The van der Waals surface area contributed by atoms with Crippen LogP contribution in [0.3, 0.4) is 0 Å². The second-order valence-electron chi connectivity index (χ2n) is 6.19. The Hall–Kier alpha value is -1.22. The van der Waals surface area contributed by atoms with Gasteiger partial charge in [-0.05, 0) is 19.1 Å². The second-order valence-corrected chi connectivity index (χ2v) is 6.19. The van der Waals surface area contributed by atoms with E-state index in [9.17, 15) is 0 Å². The van der Waals surface area contributed by atoms with Crippen LogP contribution in [0.5, 0.6) is 11.5 Å². The standard InChI is InChI=1S/C17H27N3O3.HI/c1-13(23-15-8-6-5-7-14(15)21-4)9-19-16(18-3)20-10-17(2)11-22-12-17;/h5-8,13H,9-12H2,1-4H3,(H2,18,19,20);1H. The van der Waals surface area contributed by atoms with Gasteiger partial charge in [0.25, 0.3) is 0 Å². The number of nitrogens with one attached hydrogen (secondary N) is 2. The lowest BCUT2D eigenvalue weighted by molar-refractivity contribution is -0.0971. The highest BCUT2D eigenvalue weighted by molar-refractivity contribution is 14.0. The summed E-state index contributed by atoms with van der Waals surface area (Å²) in [7, 11) is 3.41. The van der Waals surface area contributed by atoms with Crippen molar-refractivity contribution in [2.45, 2.75) is 20.0 Å². The van der Waals surface area contributed by atoms with E-state index >= 15 is 0 Å². The van der Waals surface area contributed by atoms with Crippen molar-refractivity contribution in [2.24, 2.45) is 10.4 Å². The molecule has 136 valence electrons. The molecule has 0 aromatic heterocycles. The summed E-state index contributed by atoms with van der Waals surface area (Å²) in [5, 5.41) is 6.61. The fourth-order valence-corrected chi connectivity index (χ4v) is 2.29. The van der Waals surface area contributed by atoms with Crippen LogP contribution >= 0.6 is 24.0 Å². The molecule has 0 amide bonds. The Morgan fingerprint density at radius 2 is 1.96 bits per heavy atom. The van der Waals surface area contributed by atoms with Crippen LogP contribution in [0.1, 0.15) is 13.8 Å². The van der Waals surface area contributed by atoms with E-state index in [0.717, 1.165) is 37.2 Å². The van der Waals surface area contributed by atoms with Gasteiger partial charge in [0, 0.05) is 19.0 Å². The highest BCUT2D eigenvalue weighted by Gasteiger charge is 2.33. The van der Waals surface area contributed by atoms with Crippen LogP contribution in [0, 0.1) is 5.41 Å². The van der Waals surface area contributed by atoms with E-state index in [1.54, 1.807) is 14.2 Å². The minimum Gasteiger partial charge on any atom is -0.493 e. The number of benzene rings is 1. The normalized spacial score (nSPS) is 17.1. The van der Waals surface area contributed by atoms with Gasteiger partial charge < -0.3 is 24.8 Å². The van der Waals surface area contributed by atoms with Crippen LogP contribution in [0.4, 0.5) is 0 Å². The molecule has 0 spiro atoms. The lowest BCUT2D eigenvalue weighted by Gasteiger charge is -2.38. The average Bonchev–Trinajstić information content (AvgIpc) is 2.53. The number of ether oxygens (including phenoxy) is 3. The summed E-state index contributed by atoms with van der Waals surface area (Å²) in [6.07, 6.45) is -0.0209. The molecular formula is C17H28IN3O3. The zero-order valence-electron chi connectivity index (χ0n) is 14.8. The number of hydrogen-bond donors (Lipinski definition) is 2. The summed E-state index contributed by atoms with van der Waals surface area (Å²) in [5.74, 6) is 2.25. The van der Waals surface area contributed by atoms with Crippen molar-refractivity contribution in [2.75, 3.05) is 40.5 Å². The van der Waals surface area contributed by atoms with Crippen molar-refractivity contribution in [1.29, 1.82) is 0 Å². The topological polar surface area (TPSA) is 64.1 Å². The molecule has 1 unspecified atom stereocenters. The van der Waals surface area contributed by atoms with Crippen LogP contribution in [-0.2, 0) is 4.74 Å². The number of para-hydroxylation sites is 2. The average molecular weight is 449 g/mol. The number of methoxy groups -OCH3 is 1. The van der Waals surface area contributed by atoms with E-state index in [-0.39, 0.29) is 35.5 Å². The van der Waals surface area contributed by atoms with Crippen LogP contribution in [0.25, 0.3) is 0 Å². The van der Waals surface area contributed by atoms with Gasteiger partial charge in [-0.2, -0.15) is 0 Å². The first-order valence-electron chi connectivity index (χ1n) is 7.88.